The highest BCUT2D eigenvalue weighted by atomic mass is 16.5. The lowest BCUT2D eigenvalue weighted by Gasteiger charge is -2.38. The number of carbonyl (C=O) groups is 2. The molecule has 35 heavy (non-hydrogen) atoms. The van der Waals surface area contributed by atoms with Crippen LogP contribution < -0.4 is 26.0 Å². The Labute approximate surface area is 205 Å². The zero-order valence-corrected chi connectivity index (χ0v) is 19.7. The molecule has 7 nitrogen and oxygen atoms in total. The maximum Gasteiger partial charge on any atom is 0.262 e. The van der Waals surface area contributed by atoms with Gasteiger partial charge in [-0.3, -0.25) is 14.9 Å². The van der Waals surface area contributed by atoms with Crippen molar-refractivity contribution < 1.29 is 14.3 Å². The second kappa shape index (κ2) is 9.90. The van der Waals surface area contributed by atoms with Crippen LogP contribution in [0.2, 0.25) is 0 Å². The zero-order valence-electron chi connectivity index (χ0n) is 19.7. The van der Waals surface area contributed by atoms with Crippen molar-refractivity contribution in [1.29, 1.82) is 0 Å². The van der Waals surface area contributed by atoms with Gasteiger partial charge in [-0.1, -0.05) is 60.7 Å². The molecule has 1 saturated heterocycles. The number of carbonyl (C=O) groups excluding carboxylic acids is 2. The lowest BCUT2D eigenvalue weighted by molar-refractivity contribution is -0.130. The molecule has 7 heteroatoms. The van der Waals surface area contributed by atoms with Crippen LogP contribution in [0.5, 0.6) is 5.75 Å². The number of ether oxygens (including phenoxy) is 1. The van der Waals surface area contributed by atoms with Gasteiger partial charge in [0.05, 0.1) is 12.6 Å². The van der Waals surface area contributed by atoms with E-state index in [2.05, 4.69) is 21.3 Å². The van der Waals surface area contributed by atoms with Crippen molar-refractivity contribution >= 4 is 17.5 Å². The molecule has 2 atom stereocenters. The van der Waals surface area contributed by atoms with Crippen molar-refractivity contribution in [2.24, 2.45) is 5.92 Å². The Hall–Kier alpha value is -3.68. The maximum absolute atomic E-state index is 13.4. The van der Waals surface area contributed by atoms with Crippen molar-refractivity contribution in [3.8, 4) is 5.75 Å². The highest BCUT2D eigenvalue weighted by molar-refractivity contribution is 5.99. The average Bonchev–Trinajstić information content (AvgIpc) is 3.04. The number of hydrogen-bond acceptors (Lipinski definition) is 5. The van der Waals surface area contributed by atoms with Crippen molar-refractivity contribution in [3.63, 3.8) is 0 Å². The Morgan fingerprint density at radius 2 is 1.66 bits per heavy atom. The van der Waals surface area contributed by atoms with Crippen LogP contribution in [0.25, 0.3) is 0 Å². The van der Waals surface area contributed by atoms with Crippen LogP contribution in [0.15, 0.2) is 78.9 Å². The third-order valence-electron chi connectivity index (χ3n) is 6.92. The summed E-state index contributed by atoms with van der Waals surface area (Å²) in [6.45, 7) is 1.59. The Balaban J connectivity index is 1.66. The molecule has 0 bridgehead atoms. The van der Waals surface area contributed by atoms with E-state index in [1.807, 2.05) is 78.9 Å². The van der Waals surface area contributed by atoms with Gasteiger partial charge < -0.3 is 20.7 Å². The van der Waals surface area contributed by atoms with Gasteiger partial charge >= 0.3 is 0 Å². The van der Waals surface area contributed by atoms with Gasteiger partial charge in [0.25, 0.3) is 5.91 Å². The third-order valence-corrected chi connectivity index (χ3v) is 6.92. The average molecular weight is 471 g/mol. The van der Waals surface area contributed by atoms with E-state index in [-0.39, 0.29) is 17.7 Å². The molecular formula is C28H30N4O3. The lowest BCUT2D eigenvalue weighted by atomic mass is 9.76. The quantitative estimate of drug-likeness (QED) is 0.460. The fourth-order valence-corrected chi connectivity index (χ4v) is 5.12. The fourth-order valence-electron chi connectivity index (χ4n) is 5.12. The van der Waals surface area contributed by atoms with Gasteiger partial charge in [-0.2, -0.15) is 0 Å². The van der Waals surface area contributed by atoms with E-state index in [1.54, 1.807) is 7.11 Å². The molecule has 2 aliphatic rings. The molecule has 3 aromatic rings. The molecule has 2 aliphatic heterocycles. The Morgan fingerprint density at radius 3 is 2.43 bits per heavy atom. The molecule has 3 aromatic carbocycles. The standard InChI is InChI=1S/C28H30N4O3/c1-35-22-11-7-10-21(18-22)28(20-8-3-2-4-9-20)23-12-5-6-13-24(23)30-27(34)25(32-28)31-26(33)19-14-16-29-17-15-19/h2-13,18-19,25,29,32H,14-17H2,1H3,(H,30,34)(H,31,33). The van der Waals surface area contributed by atoms with Gasteiger partial charge in [0, 0.05) is 17.2 Å². The molecule has 0 saturated carbocycles. The molecule has 0 aliphatic carbocycles. The smallest absolute Gasteiger partial charge is 0.262 e. The SMILES string of the molecule is COc1cccc(C2(c3ccccc3)NC(NC(=O)C3CCNCC3)C(=O)Nc3ccccc32)c1. The summed E-state index contributed by atoms with van der Waals surface area (Å²) < 4.78 is 5.55. The number of fused-ring (bicyclic) bond motifs is 1. The number of piperidine rings is 1. The number of methoxy groups -OCH3 is 1. The predicted octanol–water partition coefficient (Wildman–Crippen LogP) is 2.97. The van der Waals surface area contributed by atoms with Crippen LogP contribution in [-0.4, -0.2) is 38.2 Å². The Kier molecular flexibility index (Phi) is 6.53. The molecule has 0 radical (unpaired) electrons. The van der Waals surface area contributed by atoms with Gasteiger partial charge in [-0.05, 0) is 55.3 Å². The molecule has 0 spiro atoms. The normalized spacial score (nSPS) is 22.4. The first kappa shape index (κ1) is 23.1. The van der Waals surface area contributed by atoms with Crippen LogP contribution in [-0.2, 0) is 15.1 Å². The summed E-state index contributed by atoms with van der Waals surface area (Å²) in [6.07, 6.45) is 0.552. The van der Waals surface area contributed by atoms with E-state index in [0.29, 0.717) is 11.4 Å². The van der Waals surface area contributed by atoms with Crippen LogP contribution >= 0.6 is 0 Å². The first-order valence-electron chi connectivity index (χ1n) is 12.0. The minimum atomic E-state index is -0.948. The van der Waals surface area contributed by atoms with Crippen LogP contribution in [0.1, 0.15) is 29.5 Å². The Morgan fingerprint density at radius 1 is 0.943 bits per heavy atom. The van der Waals surface area contributed by atoms with Crippen molar-refractivity contribution in [2.75, 3.05) is 25.5 Å². The molecular weight excluding hydrogens is 440 g/mol. The lowest BCUT2D eigenvalue weighted by Crippen LogP contribution is -2.60. The topological polar surface area (TPSA) is 91.5 Å². The summed E-state index contributed by atoms with van der Waals surface area (Å²) in [5.41, 5.74) is 2.48. The second-order valence-electron chi connectivity index (χ2n) is 8.99. The molecule has 5 rings (SSSR count). The van der Waals surface area contributed by atoms with E-state index >= 15 is 0 Å². The molecule has 0 aromatic heterocycles. The minimum Gasteiger partial charge on any atom is -0.497 e. The molecule has 1 fully saturated rings. The zero-order chi connectivity index (χ0) is 24.3. The summed E-state index contributed by atoms with van der Waals surface area (Å²) in [5.74, 6) is 0.161. The van der Waals surface area contributed by atoms with Crippen molar-refractivity contribution in [3.05, 3.63) is 95.6 Å². The van der Waals surface area contributed by atoms with Gasteiger partial charge in [0.2, 0.25) is 5.91 Å². The molecule has 180 valence electrons. The second-order valence-corrected chi connectivity index (χ2v) is 8.99. The number of benzene rings is 3. The van der Waals surface area contributed by atoms with E-state index in [4.69, 9.17) is 4.74 Å². The van der Waals surface area contributed by atoms with Gasteiger partial charge in [-0.15, -0.1) is 0 Å². The molecule has 2 amide bonds. The van der Waals surface area contributed by atoms with E-state index in [9.17, 15) is 9.59 Å². The highest BCUT2D eigenvalue weighted by Gasteiger charge is 2.44. The summed E-state index contributed by atoms with van der Waals surface area (Å²) in [4.78, 5) is 26.6. The number of para-hydroxylation sites is 1. The molecule has 4 N–H and O–H groups in total. The van der Waals surface area contributed by atoms with Gasteiger partial charge in [0.15, 0.2) is 6.17 Å². The number of amides is 2. The number of rotatable bonds is 5. The summed E-state index contributed by atoms with van der Waals surface area (Å²) in [5, 5.41) is 12.9. The third kappa shape index (κ3) is 4.40. The molecule has 2 heterocycles. The summed E-state index contributed by atoms with van der Waals surface area (Å²) in [6, 6.07) is 25.5. The summed E-state index contributed by atoms with van der Waals surface area (Å²) in [7, 11) is 1.63. The van der Waals surface area contributed by atoms with Crippen LogP contribution in [0.4, 0.5) is 5.69 Å². The van der Waals surface area contributed by atoms with Gasteiger partial charge in [-0.25, -0.2) is 0 Å². The highest BCUT2D eigenvalue weighted by Crippen LogP contribution is 2.42. The predicted molar refractivity (Wildman–Crippen MR) is 135 cm³/mol. The number of hydrogen-bond donors (Lipinski definition) is 4. The number of nitrogens with one attached hydrogen (secondary N) is 4. The number of anilines is 1. The van der Waals surface area contributed by atoms with Crippen molar-refractivity contribution in [1.82, 2.24) is 16.0 Å². The summed E-state index contributed by atoms with van der Waals surface area (Å²) >= 11 is 0. The first-order chi connectivity index (χ1) is 17.1. The van der Waals surface area contributed by atoms with E-state index in [0.717, 1.165) is 42.6 Å². The van der Waals surface area contributed by atoms with E-state index in [1.165, 1.54) is 0 Å². The van der Waals surface area contributed by atoms with Crippen molar-refractivity contribution in [2.45, 2.75) is 24.5 Å². The van der Waals surface area contributed by atoms with Crippen LogP contribution in [0.3, 0.4) is 0 Å². The van der Waals surface area contributed by atoms with Gasteiger partial charge in [0.1, 0.15) is 5.75 Å². The Bertz CT molecular complexity index is 1210. The fraction of sp³-hybridized carbons (Fsp3) is 0.286. The van der Waals surface area contributed by atoms with E-state index < -0.39 is 11.7 Å². The largest absolute Gasteiger partial charge is 0.497 e. The first-order valence-corrected chi connectivity index (χ1v) is 12.0. The molecule has 2 unspecified atom stereocenters. The minimum absolute atomic E-state index is 0.113. The monoisotopic (exact) mass is 470 g/mol. The van der Waals surface area contributed by atoms with Crippen LogP contribution in [0, 0.1) is 5.92 Å². The maximum atomic E-state index is 13.4.